The monoisotopic (exact) mass is 332 g/mol. The van der Waals surface area contributed by atoms with E-state index in [1.807, 2.05) is 6.07 Å². The van der Waals surface area contributed by atoms with Gasteiger partial charge < -0.3 is 29.2 Å². The minimum absolute atomic E-state index is 0.0451. The average Bonchev–Trinajstić information content (AvgIpc) is 2.61. The number of hydrogen-bond donors (Lipinski definition) is 2. The quantitative estimate of drug-likeness (QED) is 0.896. The molecule has 0 amide bonds. The van der Waals surface area contributed by atoms with Crippen LogP contribution < -0.4 is 18.9 Å². The van der Waals surface area contributed by atoms with Crippen molar-refractivity contribution in [1.82, 2.24) is 0 Å². The lowest BCUT2D eigenvalue weighted by molar-refractivity contribution is 0.240. The van der Waals surface area contributed by atoms with Gasteiger partial charge in [0, 0.05) is 11.5 Å². The molecule has 0 radical (unpaired) electrons. The number of phenols is 2. The molecule has 0 spiro atoms. The first-order valence-corrected chi connectivity index (χ1v) is 7.56. The summed E-state index contributed by atoms with van der Waals surface area (Å²) in [5.74, 6) is 1.72. The lowest BCUT2D eigenvalue weighted by atomic mass is 9.89. The lowest BCUT2D eigenvalue weighted by Gasteiger charge is -2.28. The molecule has 2 aromatic carbocycles. The number of hydrogen-bond acceptors (Lipinski definition) is 6. The predicted molar refractivity (Wildman–Crippen MR) is 87.8 cm³/mol. The van der Waals surface area contributed by atoms with Crippen LogP contribution in [0.5, 0.6) is 34.5 Å². The highest BCUT2D eigenvalue weighted by atomic mass is 16.5. The third kappa shape index (κ3) is 2.54. The van der Waals surface area contributed by atoms with Crippen LogP contribution >= 0.6 is 0 Å². The molecule has 0 saturated heterocycles. The summed E-state index contributed by atoms with van der Waals surface area (Å²) >= 11 is 0. The summed E-state index contributed by atoms with van der Waals surface area (Å²) in [4.78, 5) is 0. The Labute approximate surface area is 140 Å². The lowest BCUT2D eigenvalue weighted by Crippen LogP contribution is -2.20. The second-order valence-electron chi connectivity index (χ2n) is 5.56. The number of phenolic OH excluding ortho intramolecular Hbond substituents is 2. The Morgan fingerprint density at radius 3 is 2.38 bits per heavy atom. The van der Waals surface area contributed by atoms with Gasteiger partial charge in [-0.3, -0.25) is 0 Å². The molecule has 24 heavy (non-hydrogen) atoms. The van der Waals surface area contributed by atoms with Crippen molar-refractivity contribution in [1.29, 1.82) is 0 Å². The highest BCUT2D eigenvalue weighted by Crippen LogP contribution is 2.47. The zero-order valence-corrected chi connectivity index (χ0v) is 13.8. The normalized spacial score (nSPS) is 16.0. The second kappa shape index (κ2) is 6.39. The maximum Gasteiger partial charge on any atom is 0.203 e. The number of ether oxygens (including phenoxy) is 4. The molecule has 0 bridgehead atoms. The fraction of sp³-hybridized carbons (Fsp3) is 0.333. The van der Waals surface area contributed by atoms with Gasteiger partial charge in [-0.1, -0.05) is 12.1 Å². The molecular weight excluding hydrogens is 312 g/mol. The molecule has 2 N–H and O–H groups in total. The van der Waals surface area contributed by atoms with Crippen LogP contribution in [0.3, 0.4) is 0 Å². The molecule has 0 unspecified atom stereocenters. The van der Waals surface area contributed by atoms with E-state index in [-0.39, 0.29) is 17.4 Å². The summed E-state index contributed by atoms with van der Waals surface area (Å²) in [6, 6.07) is 6.96. The summed E-state index contributed by atoms with van der Waals surface area (Å²) < 4.78 is 21.5. The molecule has 3 rings (SSSR count). The van der Waals surface area contributed by atoms with Gasteiger partial charge in [-0.15, -0.1) is 0 Å². The van der Waals surface area contributed by atoms with Gasteiger partial charge in [0.1, 0.15) is 0 Å². The van der Waals surface area contributed by atoms with Crippen LogP contribution in [0.1, 0.15) is 17.0 Å². The average molecular weight is 332 g/mol. The molecular formula is C18H20O6. The van der Waals surface area contributed by atoms with Gasteiger partial charge in [0.05, 0.1) is 27.9 Å². The van der Waals surface area contributed by atoms with Crippen molar-refractivity contribution in [3.8, 4) is 34.5 Å². The van der Waals surface area contributed by atoms with Gasteiger partial charge in [-0.05, 0) is 24.1 Å². The van der Waals surface area contributed by atoms with Gasteiger partial charge in [-0.2, -0.15) is 0 Å². The number of fused-ring (bicyclic) bond motifs is 1. The first kappa shape index (κ1) is 16.1. The minimum Gasteiger partial charge on any atom is -0.504 e. The van der Waals surface area contributed by atoms with E-state index in [9.17, 15) is 10.2 Å². The zero-order chi connectivity index (χ0) is 17.3. The molecule has 0 aromatic heterocycles. The molecule has 0 saturated carbocycles. The van der Waals surface area contributed by atoms with Crippen LogP contribution in [0.2, 0.25) is 0 Å². The maximum absolute atomic E-state index is 10.5. The summed E-state index contributed by atoms with van der Waals surface area (Å²) in [5, 5.41) is 20.4. The molecule has 6 heteroatoms. The molecule has 2 aromatic rings. The van der Waals surface area contributed by atoms with Gasteiger partial charge in [0.2, 0.25) is 11.5 Å². The van der Waals surface area contributed by atoms with Crippen LogP contribution in [-0.4, -0.2) is 38.1 Å². The Bertz CT molecular complexity index is 756. The highest BCUT2D eigenvalue weighted by Gasteiger charge is 2.29. The van der Waals surface area contributed by atoms with Gasteiger partial charge in [-0.25, -0.2) is 0 Å². The van der Waals surface area contributed by atoms with E-state index in [0.717, 1.165) is 11.1 Å². The van der Waals surface area contributed by atoms with E-state index in [2.05, 4.69) is 0 Å². The standard InChI is InChI=1S/C18H20O6/c1-21-14-7-5-12(15(20)18(14)23-3)11-8-10-4-6-13(19)17(22-2)16(10)24-9-11/h4-7,11,19-20H,8-9H2,1-3H3/t11-/m0/s1. The molecule has 6 nitrogen and oxygen atoms in total. The third-order valence-electron chi connectivity index (χ3n) is 4.26. The van der Waals surface area contributed by atoms with E-state index in [1.54, 1.807) is 18.2 Å². The number of aromatic hydroxyl groups is 2. The van der Waals surface area contributed by atoms with Gasteiger partial charge >= 0.3 is 0 Å². The smallest absolute Gasteiger partial charge is 0.203 e. The molecule has 128 valence electrons. The number of rotatable bonds is 4. The van der Waals surface area contributed by atoms with Crippen LogP contribution in [0, 0.1) is 0 Å². The van der Waals surface area contributed by atoms with Crippen molar-refractivity contribution in [2.75, 3.05) is 27.9 Å². The van der Waals surface area contributed by atoms with Gasteiger partial charge in [0.25, 0.3) is 0 Å². The highest BCUT2D eigenvalue weighted by molar-refractivity contribution is 5.59. The summed E-state index contributed by atoms with van der Waals surface area (Å²) in [5.41, 5.74) is 1.64. The molecule has 1 atom stereocenters. The molecule has 1 aliphatic heterocycles. The Hall–Kier alpha value is -2.76. The number of benzene rings is 2. The second-order valence-corrected chi connectivity index (χ2v) is 5.56. The largest absolute Gasteiger partial charge is 0.504 e. The van der Waals surface area contributed by atoms with Crippen molar-refractivity contribution in [3.05, 3.63) is 35.4 Å². The number of methoxy groups -OCH3 is 3. The fourth-order valence-corrected chi connectivity index (χ4v) is 3.07. The minimum atomic E-state index is -0.0495. The van der Waals surface area contributed by atoms with Crippen molar-refractivity contribution >= 4 is 0 Å². The predicted octanol–water partition coefficient (Wildman–Crippen LogP) is 2.84. The van der Waals surface area contributed by atoms with Crippen LogP contribution in [-0.2, 0) is 6.42 Å². The van der Waals surface area contributed by atoms with Crippen LogP contribution in [0.4, 0.5) is 0 Å². The van der Waals surface area contributed by atoms with E-state index >= 15 is 0 Å². The van der Waals surface area contributed by atoms with Gasteiger partial charge in [0.15, 0.2) is 23.0 Å². The Balaban J connectivity index is 1.97. The van der Waals surface area contributed by atoms with E-state index in [0.29, 0.717) is 36.0 Å². The van der Waals surface area contributed by atoms with Crippen molar-refractivity contribution < 1.29 is 29.2 Å². The van der Waals surface area contributed by atoms with Crippen molar-refractivity contribution in [2.24, 2.45) is 0 Å². The van der Waals surface area contributed by atoms with Crippen LogP contribution in [0.25, 0.3) is 0 Å². The maximum atomic E-state index is 10.5. The zero-order valence-electron chi connectivity index (χ0n) is 13.8. The molecule has 0 fully saturated rings. The summed E-state index contributed by atoms with van der Waals surface area (Å²) in [7, 11) is 4.50. The Morgan fingerprint density at radius 1 is 0.958 bits per heavy atom. The SMILES string of the molecule is COc1ccc([C@@H]2COc3c(ccc(O)c3OC)C2)c(O)c1OC. The Kier molecular flexibility index (Phi) is 4.29. The van der Waals surface area contributed by atoms with Crippen molar-refractivity contribution in [2.45, 2.75) is 12.3 Å². The molecule has 1 aliphatic rings. The first-order chi connectivity index (χ1) is 11.6. The third-order valence-corrected chi connectivity index (χ3v) is 4.26. The van der Waals surface area contributed by atoms with Crippen molar-refractivity contribution in [3.63, 3.8) is 0 Å². The van der Waals surface area contributed by atoms with E-state index in [4.69, 9.17) is 18.9 Å². The summed E-state index contributed by atoms with van der Waals surface area (Å²) in [6.45, 7) is 0.357. The fourth-order valence-electron chi connectivity index (χ4n) is 3.07. The first-order valence-electron chi connectivity index (χ1n) is 7.56. The topological polar surface area (TPSA) is 77.4 Å². The van der Waals surface area contributed by atoms with E-state index in [1.165, 1.54) is 21.3 Å². The van der Waals surface area contributed by atoms with Crippen LogP contribution in [0.15, 0.2) is 24.3 Å². The Morgan fingerprint density at radius 2 is 1.71 bits per heavy atom. The molecule has 0 aliphatic carbocycles. The summed E-state index contributed by atoms with van der Waals surface area (Å²) in [6.07, 6.45) is 0.648. The molecule has 1 heterocycles. The van der Waals surface area contributed by atoms with E-state index < -0.39 is 0 Å².